The van der Waals surface area contributed by atoms with Gasteiger partial charge in [0.05, 0.1) is 16.8 Å². The van der Waals surface area contributed by atoms with Crippen LogP contribution >= 0.6 is 23.1 Å². The summed E-state index contributed by atoms with van der Waals surface area (Å²) < 4.78 is 7.15. The lowest BCUT2D eigenvalue weighted by Gasteiger charge is -2.06. The molecular formula is C24H31NOS2. The smallest absolute Gasteiger partial charge is 0.124 e. The number of unbranched alkanes of at least 4 members (excludes halogenated alkanes) is 5. The van der Waals surface area contributed by atoms with Crippen LogP contribution in [0.2, 0.25) is 0 Å². The Hall–Kier alpha value is -1.52. The van der Waals surface area contributed by atoms with Crippen molar-refractivity contribution in [3.63, 3.8) is 0 Å². The van der Waals surface area contributed by atoms with Gasteiger partial charge in [-0.15, -0.1) is 23.1 Å². The molecule has 28 heavy (non-hydrogen) atoms. The fraction of sp³-hybridized carbons (Fsp3) is 0.458. The minimum Gasteiger partial charge on any atom is -0.494 e. The second-order valence-electron chi connectivity index (χ2n) is 7.14. The molecule has 0 atom stereocenters. The largest absolute Gasteiger partial charge is 0.494 e. The molecule has 2 nitrogen and oxygen atoms in total. The summed E-state index contributed by atoms with van der Waals surface area (Å²) in [5, 5.41) is 1.08. The van der Waals surface area contributed by atoms with E-state index in [1.54, 1.807) is 11.3 Å². The molecule has 0 saturated carbocycles. The SMILES string of the molecule is CCCCCCCOc1ccc(-c2nc3ccc(SCCCC)cc3s2)cc1. The quantitative estimate of drug-likeness (QED) is 0.221. The Bertz CT molecular complexity index is 841. The van der Waals surface area contributed by atoms with Crippen LogP contribution in [0, 0.1) is 0 Å². The Balaban J connectivity index is 1.57. The zero-order valence-corrected chi connectivity index (χ0v) is 18.7. The summed E-state index contributed by atoms with van der Waals surface area (Å²) in [6.07, 6.45) is 8.84. The summed E-state index contributed by atoms with van der Waals surface area (Å²) in [4.78, 5) is 6.17. The number of aromatic nitrogens is 1. The first kappa shape index (κ1) is 21.2. The third-order valence-corrected chi connectivity index (χ3v) is 6.89. The molecule has 0 amide bonds. The topological polar surface area (TPSA) is 22.1 Å². The number of benzene rings is 2. The van der Waals surface area contributed by atoms with Gasteiger partial charge in [0, 0.05) is 10.5 Å². The molecule has 3 rings (SSSR count). The van der Waals surface area contributed by atoms with Crippen LogP contribution in [-0.4, -0.2) is 17.3 Å². The Morgan fingerprint density at radius 2 is 1.68 bits per heavy atom. The van der Waals surface area contributed by atoms with E-state index in [0.717, 1.165) is 34.9 Å². The summed E-state index contributed by atoms with van der Waals surface area (Å²) >= 11 is 3.72. The predicted molar refractivity (Wildman–Crippen MR) is 125 cm³/mol. The molecule has 3 aromatic rings. The lowest BCUT2D eigenvalue weighted by Crippen LogP contribution is -1.97. The number of nitrogens with zero attached hydrogens (tertiary/aromatic N) is 1. The maximum Gasteiger partial charge on any atom is 0.124 e. The molecule has 0 unspecified atom stereocenters. The maximum atomic E-state index is 5.88. The van der Waals surface area contributed by atoms with Gasteiger partial charge in [-0.25, -0.2) is 4.98 Å². The Labute approximate surface area is 177 Å². The van der Waals surface area contributed by atoms with Gasteiger partial charge in [0.1, 0.15) is 10.8 Å². The van der Waals surface area contributed by atoms with Crippen LogP contribution in [0.4, 0.5) is 0 Å². The summed E-state index contributed by atoms with van der Waals surface area (Å²) in [5.74, 6) is 2.14. The van der Waals surface area contributed by atoms with Gasteiger partial charge in [0.25, 0.3) is 0 Å². The van der Waals surface area contributed by atoms with Crippen molar-refractivity contribution in [1.82, 2.24) is 4.98 Å². The van der Waals surface area contributed by atoms with Gasteiger partial charge in [-0.05, 0) is 61.1 Å². The highest BCUT2D eigenvalue weighted by Gasteiger charge is 2.08. The van der Waals surface area contributed by atoms with Crippen LogP contribution in [0.15, 0.2) is 47.4 Å². The first-order valence-corrected chi connectivity index (χ1v) is 12.4. The molecule has 0 saturated heterocycles. The van der Waals surface area contributed by atoms with E-state index in [0.29, 0.717) is 0 Å². The fourth-order valence-corrected chi connectivity index (χ4v) is 5.16. The van der Waals surface area contributed by atoms with Crippen molar-refractivity contribution in [2.24, 2.45) is 0 Å². The first-order chi connectivity index (χ1) is 13.8. The Morgan fingerprint density at radius 3 is 2.46 bits per heavy atom. The Kier molecular flexibility index (Phi) is 8.69. The van der Waals surface area contributed by atoms with Crippen molar-refractivity contribution in [3.8, 4) is 16.3 Å². The van der Waals surface area contributed by atoms with Gasteiger partial charge in [0.2, 0.25) is 0 Å². The van der Waals surface area contributed by atoms with Crippen molar-refractivity contribution >= 4 is 33.3 Å². The third kappa shape index (κ3) is 6.25. The Morgan fingerprint density at radius 1 is 0.893 bits per heavy atom. The molecule has 0 fully saturated rings. The van der Waals surface area contributed by atoms with Crippen molar-refractivity contribution in [3.05, 3.63) is 42.5 Å². The maximum absolute atomic E-state index is 5.88. The average molecular weight is 414 g/mol. The minimum absolute atomic E-state index is 0.808. The molecule has 0 aliphatic carbocycles. The van der Waals surface area contributed by atoms with E-state index in [9.17, 15) is 0 Å². The van der Waals surface area contributed by atoms with E-state index in [-0.39, 0.29) is 0 Å². The van der Waals surface area contributed by atoms with Crippen LogP contribution in [0.1, 0.15) is 58.8 Å². The van der Waals surface area contributed by atoms with Gasteiger partial charge in [0.15, 0.2) is 0 Å². The molecule has 1 aromatic heterocycles. The highest BCUT2D eigenvalue weighted by molar-refractivity contribution is 7.99. The number of thiazole rings is 1. The normalized spacial score (nSPS) is 11.2. The molecule has 0 N–H and O–H groups in total. The summed E-state index contributed by atoms with van der Waals surface area (Å²) in [6, 6.07) is 15.0. The molecule has 4 heteroatoms. The third-order valence-electron chi connectivity index (χ3n) is 4.74. The van der Waals surface area contributed by atoms with Gasteiger partial charge in [-0.2, -0.15) is 0 Å². The zero-order chi connectivity index (χ0) is 19.6. The number of fused-ring (bicyclic) bond motifs is 1. The standard InChI is InChI=1S/C24H31NOS2/c1-3-5-7-8-9-16-26-20-12-10-19(11-13-20)24-25-22-15-14-21(18-23(22)28-24)27-17-6-4-2/h10-15,18H,3-9,16-17H2,1-2H3. The molecule has 0 aliphatic heterocycles. The molecule has 150 valence electrons. The predicted octanol–water partition coefficient (Wildman–Crippen LogP) is 8.20. The van der Waals surface area contributed by atoms with Crippen molar-refractivity contribution in [1.29, 1.82) is 0 Å². The molecule has 1 heterocycles. The number of hydrogen-bond acceptors (Lipinski definition) is 4. The van der Waals surface area contributed by atoms with Crippen LogP contribution < -0.4 is 4.74 Å². The van der Waals surface area contributed by atoms with Crippen LogP contribution in [0.5, 0.6) is 5.75 Å². The van der Waals surface area contributed by atoms with E-state index >= 15 is 0 Å². The highest BCUT2D eigenvalue weighted by Crippen LogP contribution is 2.33. The number of thioether (sulfide) groups is 1. The zero-order valence-electron chi connectivity index (χ0n) is 17.1. The van der Waals surface area contributed by atoms with Crippen LogP contribution in [0.3, 0.4) is 0 Å². The lowest BCUT2D eigenvalue weighted by atomic mass is 10.2. The van der Waals surface area contributed by atoms with Crippen molar-refractivity contribution in [2.45, 2.75) is 63.7 Å². The highest BCUT2D eigenvalue weighted by atomic mass is 32.2. The lowest BCUT2D eigenvalue weighted by molar-refractivity contribution is 0.304. The van der Waals surface area contributed by atoms with Gasteiger partial charge in [-0.1, -0.05) is 46.0 Å². The fourth-order valence-electron chi connectivity index (χ4n) is 3.04. The van der Waals surface area contributed by atoms with E-state index in [4.69, 9.17) is 9.72 Å². The van der Waals surface area contributed by atoms with Crippen molar-refractivity contribution < 1.29 is 4.74 Å². The van der Waals surface area contributed by atoms with Gasteiger partial charge < -0.3 is 4.74 Å². The molecule has 2 aromatic carbocycles. The van der Waals surface area contributed by atoms with Gasteiger partial charge in [-0.3, -0.25) is 0 Å². The first-order valence-electron chi connectivity index (χ1n) is 10.6. The second kappa shape index (κ2) is 11.5. The van der Waals surface area contributed by atoms with E-state index in [2.05, 4.69) is 56.3 Å². The van der Waals surface area contributed by atoms with E-state index < -0.39 is 0 Å². The van der Waals surface area contributed by atoms with Gasteiger partial charge >= 0.3 is 0 Å². The number of ether oxygens (including phenoxy) is 1. The molecule has 0 aliphatic rings. The summed E-state index contributed by atoms with van der Waals surface area (Å²) in [5.41, 5.74) is 2.25. The molecule has 0 radical (unpaired) electrons. The van der Waals surface area contributed by atoms with E-state index in [1.165, 1.54) is 53.9 Å². The van der Waals surface area contributed by atoms with Crippen LogP contribution in [0.25, 0.3) is 20.8 Å². The molecular weight excluding hydrogens is 382 g/mol. The van der Waals surface area contributed by atoms with Crippen LogP contribution in [-0.2, 0) is 0 Å². The second-order valence-corrected chi connectivity index (χ2v) is 9.34. The summed E-state index contributed by atoms with van der Waals surface area (Å²) in [7, 11) is 0. The number of hydrogen-bond donors (Lipinski definition) is 0. The number of rotatable bonds is 12. The molecule has 0 bridgehead atoms. The minimum atomic E-state index is 0.808. The average Bonchev–Trinajstić information content (AvgIpc) is 3.15. The summed E-state index contributed by atoms with van der Waals surface area (Å²) in [6.45, 7) is 5.29. The molecule has 0 spiro atoms. The van der Waals surface area contributed by atoms with E-state index in [1.807, 2.05) is 11.8 Å². The monoisotopic (exact) mass is 413 g/mol. The van der Waals surface area contributed by atoms with Crippen molar-refractivity contribution in [2.75, 3.05) is 12.4 Å².